The van der Waals surface area contributed by atoms with Gasteiger partial charge in [0.1, 0.15) is 0 Å². The standard InChI is InChI=1S/C9H17O/c1-2-3-8-10-9-6-4-5-7-9/h2,9H,3-8H2,1H3. The summed E-state index contributed by atoms with van der Waals surface area (Å²) in [5.74, 6) is 0. The summed E-state index contributed by atoms with van der Waals surface area (Å²) in [6, 6.07) is 0. The zero-order chi connectivity index (χ0) is 7.23. The molecule has 1 heteroatoms. The number of hydrogen-bond donors (Lipinski definition) is 0. The van der Waals surface area contributed by atoms with Crippen LogP contribution in [0.1, 0.15) is 39.0 Å². The second-order valence-electron chi connectivity index (χ2n) is 2.97. The van der Waals surface area contributed by atoms with Gasteiger partial charge in [0.05, 0.1) is 6.10 Å². The van der Waals surface area contributed by atoms with Gasteiger partial charge in [0.2, 0.25) is 0 Å². The minimum absolute atomic E-state index is 0.597. The summed E-state index contributed by atoms with van der Waals surface area (Å²) >= 11 is 0. The van der Waals surface area contributed by atoms with Crippen LogP contribution in [0.15, 0.2) is 0 Å². The van der Waals surface area contributed by atoms with E-state index in [1.165, 1.54) is 25.7 Å². The first-order valence-electron chi connectivity index (χ1n) is 4.33. The van der Waals surface area contributed by atoms with Crippen molar-refractivity contribution in [3.63, 3.8) is 0 Å². The van der Waals surface area contributed by atoms with Crippen molar-refractivity contribution in [3.8, 4) is 0 Å². The van der Waals surface area contributed by atoms with Gasteiger partial charge in [-0.1, -0.05) is 19.8 Å². The lowest BCUT2D eigenvalue weighted by atomic mass is 10.3. The minimum atomic E-state index is 0.597. The molecule has 0 amide bonds. The molecule has 1 fully saturated rings. The number of rotatable bonds is 4. The van der Waals surface area contributed by atoms with Gasteiger partial charge in [-0.25, -0.2) is 0 Å². The Labute approximate surface area is 63.8 Å². The number of ether oxygens (including phenoxy) is 1. The smallest absolute Gasteiger partial charge is 0.0575 e. The highest BCUT2D eigenvalue weighted by Gasteiger charge is 2.14. The average molecular weight is 141 g/mol. The van der Waals surface area contributed by atoms with Crippen LogP contribution in [0.25, 0.3) is 0 Å². The Balaban J connectivity index is 1.91. The normalized spacial score (nSPS) is 20.1. The maximum Gasteiger partial charge on any atom is 0.0575 e. The molecule has 0 N–H and O–H groups in total. The third-order valence-electron chi connectivity index (χ3n) is 2.06. The quantitative estimate of drug-likeness (QED) is 0.547. The Morgan fingerprint density at radius 2 is 2.10 bits per heavy atom. The SMILES string of the molecule is C[CH]CCOC1CCCC1. The third-order valence-corrected chi connectivity index (χ3v) is 2.06. The first-order chi connectivity index (χ1) is 4.93. The Hall–Kier alpha value is -0.0400. The molecule has 59 valence electrons. The van der Waals surface area contributed by atoms with E-state index in [-0.39, 0.29) is 0 Å². The van der Waals surface area contributed by atoms with E-state index in [4.69, 9.17) is 4.74 Å². The summed E-state index contributed by atoms with van der Waals surface area (Å²) in [7, 11) is 0. The molecule has 0 bridgehead atoms. The molecular weight excluding hydrogens is 124 g/mol. The molecule has 10 heavy (non-hydrogen) atoms. The van der Waals surface area contributed by atoms with Crippen molar-refractivity contribution in [3.05, 3.63) is 6.42 Å². The van der Waals surface area contributed by atoms with Gasteiger partial charge < -0.3 is 4.74 Å². The highest BCUT2D eigenvalue weighted by molar-refractivity contribution is 4.67. The monoisotopic (exact) mass is 141 g/mol. The van der Waals surface area contributed by atoms with E-state index in [0.29, 0.717) is 6.10 Å². The molecule has 1 nitrogen and oxygen atoms in total. The summed E-state index contributed by atoms with van der Waals surface area (Å²) in [6.45, 7) is 3.01. The van der Waals surface area contributed by atoms with Crippen LogP contribution in [0.2, 0.25) is 0 Å². The molecule has 0 atom stereocenters. The maximum absolute atomic E-state index is 5.61. The van der Waals surface area contributed by atoms with Crippen LogP contribution < -0.4 is 0 Å². The van der Waals surface area contributed by atoms with Gasteiger partial charge in [0, 0.05) is 6.61 Å². The van der Waals surface area contributed by atoms with Crippen molar-refractivity contribution < 1.29 is 4.74 Å². The maximum atomic E-state index is 5.61. The number of unbranched alkanes of at least 4 members (excludes halogenated alkanes) is 1. The van der Waals surface area contributed by atoms with Gasteiger partial charge >= 0.3 is 0 Å². The zero-order valence-corrected chi connectivity index (χ0v) is 6.81. The molecule has 0 saturated heterocycles. The van der Waals surface area contributed by atoms with Gasteiger partial charge in [0.25, 0.3) is 0 Å². The molecule has 0 aromatic rings. The Morgan fingerprint density at radius 3 is 2.70 bits per heavy atom. The molecule has 1 rings (SSSR count). The van der Waals surface area contributed by atoms with Crippen LogP contribution in [0.4, 0.5) is 0 Å². The van der Waals surface area contributed by atoms with E-state index >= 15 is 0 Å². The van der Waals surface area contributed by atoms with Gasteiger partial charge in [0.15, 0.2) is 0 Å². The fourth-order valence-corrected chi connectivity index (χ4v) is 1.41. The highest BCUT2D eigenvalue weighted by atomic mass is 16.5. The molecule has 0 spiro atoms. The lowest BCUT2D eigenvalue weighted by molar-refractivity contribution is 0.0603. The topological polar surface area (TPSA) is 9.23 Å². The molecule has 0 aliphatic heterocycles. The van der Waals surface area contributed by atoms with E-state index in [1.807, 2.05) is 0 Å². The third kappa shape index (κ3) is 2.70. The molecule has 1 aliphatic rings. The Morgan fingerprint density at radius 1 is 1.40 bits per heavy atom. The summed E-state index contributed by atoms with van der Waals surface area (Å²) in [6.07, 6.45) is 9.21. The van der Waals surface area contributed by atoms with Crippen LogP contribution in [0, 0.1) is 6.42 Å². The van der Waals surface area contributed by atoms with Crippen LogP contribution in [-0.2, 0) is 4.74 Å². The second kappa shape index (κ2) is 4.73. The molecule has 0 aromatic heterocycles. The van der Waals surface area contributed by atoms with Crippen LogP contribution in [0.3, 0.4) is 0 Å². The van der Waals surface area contributed by atoms with E-state index in [2.05, 4.69) is 13.3 Å². The number of hydrogen-bond acceptors (Lipinski definition) is 1. The van der Waals surface area contributed by atoms with Crippen molar-refractivity contribution in [2.24, 2.45) is 0 Å². The molecule has 0 heterocycles. The molecule has 1 radical (unpaired) electrons. The molecule has 1 aliphatic carbocycles. The van der Waals surface area contributed by atoms with Crippen molar-refractivity contribution >= 4 is 0 Å². The van der Waals surface area contributed by atoms with Crippen molar-refractivity contribution in [1.82, 2.24) is 0 Å². The lowest BCUT2D eigenvalue weighted by Gasteiger charge is -2.09. The second-order valence-corrected chi connectivity index (χ2v) is 2.97. The first kappa shape index (κ1) is 8.06. The predicted molar refractivity (Wildman–Crippen MR) is 42.8 cm³/mol. The predicted octanol–water partition coefficient (Wildman–Crippen LogP) is 2.56. The summed E-state index contributed by atoms with van der Waals surface area (Å²) in [4.78, 5) is 0. The van der Waals surface area contributed by atoms with Crippen molar-refractivity contribution in [2.75, 3.05) is 6.61 Å². The molecule has 0 aromatic carbocycles. The van der Waals surface area contributed by atoms with E-state index in [9.17, 15) is 0 Å². The summed E-state index contributed by atoms with van der Waals surface area (Å²) in [5.41, 5.74) is 0. The van der Waals surface area contributed by atoms with E-state index in [0.717, 1.165) is 13.0 Å². The van der Waals surface area contributed by atoms with E-state index < -0.39 is 0 Å². The Kier molecular flexibility index (Phi) is 3.81. The lowest BCUT2D eigenvalue weighted by Crippen LogP contribution is -2.07. The fraction of sp³-hybridized carbons (Fsp3) is 0.889. The van der Waals surface area contributed by atoms with Crippen molar-refractivity contribution in [2.45, 2.75) is 45.1 Å². The zero-order valence-electron chi connectivity index (χ0n) is 6.81. The summed E-state index contributed by atoms with van der Waals surface area (Å²) < 4.78 is 5.61. The van der Waals surface area contributed by atoms with Crippen LogP contribution in [0.5, 0.6) is 0 Å². The summed E-state index contributed by atoms with van der Waals surface area (Å²) in [5, 5.41) is 0. The first-order valence-corrected chi connectivity index (χ1v) is 4.33. The average Bonchev–Trinajstić information content (AvgIpc) is 2.41. The highest BCUT2D eigenvalue weighted by Crippen LogP contribution is 2.20. The molecular formula is C9H17O. The van der Waals surface area contributed by atoms with Crippen molar-refractivity contribution in [1.29, 1.82) is 0 Å². The molecule has 0 unspecified atom stereocenters. The largest absolute Gasteiger partial charge is 0.378 e. The Bertz CT molecular complexity index is 74.8. The van der Waals surface area contributed by atoms with Crippen LogP contribution in [-0.4, -0.2) is 12.7 Å². The molecule has 1 saturated carbocycles. The fourth-order valence-electron chi connectivity index (χ4n) is 1.41. The van der Waals surface area contributed by atoms with E-state index in [1.54, 1.807) is 0 Å². The van der Waals surface area contributed by atoms with Gasteiger partial charge in [-0.3, -0.25) is 0 Å². The van der Waals surface area contributed by atoms with Crippen LogP contribution >= 0.6 is 0 Å². The minimum Gasteiger partial charge on any atom is -0.378 e. The van der Waals surface area contributed by atoms with Gasteiger partial charge in [-0.05, 0) is 25.7 Å². The van der Waals surface area contributed by atoms with Gasteiger partial charge in [-0.15, -0.1) is 0 Å². The van der Waals surface area contributed by atoms with Gasteiger partial charge in [-0.2, -0.15) is 0 Å².